The van der Waals surface area contributed by atoms with Gasteiger partial charge in [0.25, 0.3) is 0 Å². The summed E-state index contributed by atoms with van der Waals surface area (Å²) in [6.07, 6.45) is 3.04. The lowest BCUT2D eigenvalue weighted by molar-refractivity contribution is -0.144. The Bertz CT molecular complexity index is 363. The van der Waals surface area contributed by atoms with Crippen LogP contribution in [0, 0.1) is 11.3 Å². The summed E-state index contributed by atoms with van der Waals surface area (Å²) in [5.74, 6) is -0.790. The largest absolute Gasteiger partial charge is 0.480 e. The zero-order chi connectivity index (χ0) is 16.3. The van der Waals surface area contributed by atoms with Gasteiger partial charge < -0.3 is 15.7 Å². The maximum absolute atomic E-state index is 11.6. The maximum atomic E-state index is 11.6. The summed E-state index contributed by atoms with van der Waals surface area (Å²) >= 11 is 0. The number of carboxylic acids is 1. The zero-order valence-corrected chi connectivity index (χ0v) is 14.4. The molecule has 0 radical (unpaired) electrons. The molecule has 1 heterocycles. The molecule has 0 spiro atoms. The van der Waals surface area contributed by atoms with Crippen LogP contribution in [0.5, 0.6) is 0 Å². The minimum atomic E-state index is -1.08. The van der Waals surface area contributed by atoms with Crippen molar-refractivity contribution < 1.29 is 9.90 Å². The van der Waals surface area contributed by atoms with Crippen LogP contribution >= 0.6 is 0 Å². The van der Waals surface area contributed by atoms with Gasteiger partial charge in [-0.2, -0.15) is 0 Å². The first kappa shape index (κ1) is 18.5. The molecule has 1 aliphatic rings. The van der Waals surface area contributed by atoms with Crippen molar-refractivity contribution in [3.05, 3.63) is 0 Å². The molecule has 3 N–H and O–H groups in total. The normalized spacial score (nSPS) is 27.4. The minimum absolute atomic E-state index is 0.0603. The van der Waals surface area contributed by atoms with Gasteiger partial charge in [-0.25, -0.2) is 0 Å². The Kier molecular flexibility index (Phi) is 6.26. The van der Waals surface area contributed by atoms with E-state index >= 15 is 0 Å². The molecule has 0 aromatic rings. The Labute approximate surface area is 130 Å². The highest BCUT2D eigenvalue weighted by Crippen LogP contribution is 2.32. The van der Waals surface area contributed by atoms with Crippen LogP contribution < -0.4 is 5.73 Å². The molecule has 5 nitrogen and oxygen atoms in total. The molecular formula is C15H32BN3O2. The molecule has 0 aromatic carbocycles. The van der Waals surface area contributed by atoms with Gasteiger partial charge in [0, 0.05) is 32.1 Å². The number of hydrogen-bond acceptors (Lipinski definition) is 4. The van der Waals surface area contributed by atoms with E-state index in [1.54, 1.807) is 0 Å². The van der Waals surface area contributed by atoms with Crippen molar-refractivity contribution in [2.45, 2.75) is 38.5 Å². The third kappa shape index (κ3) is 4.97. The van der Waals surface area contributed by atoms with Crippen LogP contribution in [0.1, 0.15) is 26.7 Å². The Hall–Kier alpha value is -0.585. The summed E-state index contributed by atoms with van der Waals surface area (Å²) in [5.41, 5.74) is 5.29. The molecule has 1 saturated heterocycles. The predicted octanol–water partition coefficient (Wildman–Crippen LogP) is 0.120. The number of nitrogens with zero attached hydrogens (tertiary/aromatic N) is 2. The second-order valence-electron chi connectivity index (χ2n) is 7.76. The van der Waals surface area contributed by atoms with Crippen molar-refractivity contribution in [1.82, 2.24) is 9.80 Å². The Balaban J connectivity index is 2.73. The van der Waals surface area contributed by atoms with Gasteiger partial charge >= 0.3 is 5.97 Å². The van der Waals surface area contributed by atoms with Crippen molar-refractivity contribution in [2.75, 3.05) is 40.3 Å². The minimum Gasteiger partial charge on any atom is -0.480 e. The van der Waals surface area contributed by atoms with Crippen molar-refractivity contribution >= 4 is 13.8 Å². The molecule has 0 aliphatic carbocycles. The lowest BCUT2D eigenvalue weighted by Gasteiger charge is -2.33. The quantitative estimate of drug-likeness (QED) is 0.623. The van der Waals surface area contributed by atoms with Gasteiger partial charge in [-0.3, -0.25) is 9.69 Å². The van der Waals surface area contributed by atoms with Crippen LogP contribution in [-0.2, 0) is 4.79 Å². The highest BCUT2D eigenvalue weighted by atomic mass is 16.4. The van der Waals surface area contributed by atoms with Crippen molar-refractivity contribution in [3.63, 3.8) is 0 Å². The first-order valence-corrected chi connectivity index (χ1v) is 8.00. The number of nitrogens with two attached hydrogens (primary N) is 1. The molecule has 1 fully saturated rings. The Morgan fingerprint density at radius 3 is 2.62 bits per heavy atom. The molecule has 0 amide bonds. The van der Waals surface area contributed by atoms with Gasteiger partial charge in [-0.15, -0.1) is 0 Å². The summed E-state index contributed by atoms with van der Waals surface area (Å²) < 4.78 is 0. The highest BCUT2D eigenvalue weighted by molar-refractivity contribution is 6.08. The SMILES string of the molecule is BCCC[C@H]1CN(CC(C)(C)CN(C)C)C[C@@]1(N)C(=O)O. The second kappa shape index (κ2) is 7.12. The second-order valence-corrected chi connectivity index (χ2v) is 7.76. The fourth-order valence-electron chi connectivity index (χ4n) is 3.71. The monoisotopic (exact) mass is 297 g/mol. The number of carbonyl (C=O) groups is 1. The summed E-state index contributed by atoms with van der Waals surface area (Å²) in [7, 11) is 6.27. The Morgan fingerprint density at radius 2 is 2.14 bits per heavy atom. The van der Waals surface area contributed by atoms with E-state index < -0.39 is 11.5 Å². The number of aliphatic carboxylic acids is 1. The fourth-order valence-corrected chi connectivity index (χ4v) is 3.71. The number of likely N-dealkylation sites (tertiary alicyclic amines) is 1. The van der Waals surface area contributed by atoms with E-state index in [1.165, 1.54) is 0 Å². The molecule has 0 bridgehead atoms. The van der Waals surface area contributed by atoms with Crippen LogP contribution in [0.15, 0.2) is 0 Å². The third-order valence-corrected chi connectivity index (χ3v) is 4.39. The average molecular weight is 297 g/mol. The summed E-state index contributed by atoms with van der Waals surface area (Å²) in [6.45, 7) is 7.59. The lowest BCUT2D eigenvalue weighted by atomic mass is 9.83. The number of rotatable bonds is 8. The average Bonchev–Trinajstić information content (AvgIpc) is 2.61. The van der Waals surface area contributed by atoms with E-state index in [0.29, 0.717) is 6.54 Å². The fraction of sp³-hybridized carbons (Fsp3) is 0.933. The van der Waals surface area contributed by atoms with Crippen molar-refractivity contribution in [3.8, 4) is 0 Å². The van der Waals surface area contributed by atoms with E-state index in [0.717, 1.165) is 38.8 Å². The Morgan fingerprint density at radius 1 is 1.52 bits per heavy atom. The van der Waals surface area contributed by atoms with Gasteiger partial charge in [0.2, 0.25) is 0 Å². The topological polar surface area (TPSA) is 69.8 Å². The molecule has 0 saturated carbocycles. The van der Waals surface area contributed by atoms with Gasteiger partial charge in [0.15, 0.2) is 0 Å². The van der Waals surface area contributed by atoms with Gasteiger partial charge in [0.1, 0.15) is 13.4 Å². The van der Waals surface area contributed by atoms with Gasteiger partial charge in [0.05, 0.1) is 0 Å². The van der Waals surface area contributed by atoms with Gasteiger partial charge in [-0.05, 0) is 25.9 Å². The molecule has 21 heavy (non-hydrogen) atoms. The van der Waals surface area contributed by atoms with E-state index in [1.807, 2.05) is 0 Å². The third-order valence-electron chi connectivity index (χ3n) is 4.39. The van der Waals surface area contributed by atoms with Crippen molar-refractivity contribution in [2.24, 2.45) is 17.1 Å². The van der Waals surface area contributed by atoms with E-state index in [-0.39, 0.29) is 11.3 Å². The highest BCUT2D eigenvalue weighted by Gasteiger charge is 2.49. The molecule has 1 aliphatic heterocycles. The van der Waals surface area contributed by atoms with Crippen LogP contribution in [0.2, 0.25) is 6.32 Å². The summed E-state index contributed by atoms with van der Waals surface area (Å²) in [4.78, 5) is 16.1. The molecule has 0 aromatic heterocycles. The standard InChI is InChI=1S/C15H32BN3O2/c1-14(2,9-18(3)4)10-19-8-12(6-5-7-16)15(17,11-19)13(20)21/h12H,5-11,16-17H2,1-4H3,(H,20,21)/t12-,15-/m0/s1. The molecule has 1 rings (SSSR count). The first-order valence-electron chi connectivity index (χ1n) is 8.00. The number of carboxylic acid groups (broad SMARTS) is 1. The molecule has 2 atom stereocenters. The van der Waals surface area contributed by atoms with Crippen LogP contribution in [0.4, 0.5) is 0 Å². The predicted molar refractivity (Wildman–Crippen MR) is 89.4 cm³/mol. The maximum Gasteiger partial charge on any atom is 0.325 e. The summed E-state index contributed by atoms with van der Waals surface area (Å²) in [5, 5.41) is 9.54. The van der Waals surface area contributed by atoms with E-state index in [9.17, 15) is 9.90 Å². The van der Waals surface area contributed by atoms with E-state index in [2.05, 4.69) is 45.6 Å². The number of hydrogen-bond donors (Lipinski definition) is 2. The smallest absolute Gasteiger partial charge is 0.325 e. The first-order chi connectivity index (χ1) is 9.60. The molecular weight excluding hydrogens is 265 g/mol. The summed E-state index contributed by atoms with van der Waals surface area (Å²) in [6, 6.07) is 0. The molecule has 6 heteroatoms. The lowest BCUT2D eigenvalue weighted by Crippen LogP contribution is -2.55. The van der Waals surface area contributed by atoms with Gasteiger partial charge in [-0.1, -0.05) is 26.6 Å². The van der Waals surface area contributed by atoms with Crippen LogP contribution in [0.25, 0.3) is 0 Å². The van der Waals surface area contributed by atoms with Crippen LogP contribution in [0.3, 0.4) is 0 Å². The molecule has 122 valence electrons. The van der Waals surface area contributed by atoms with E-state index in [4.69, 9.17) is 5.73 Å². The molecule has 0 unspecified atom stereocenters. The zero-order valence-electron chi connectivity index (χ0n) is 14.4. The van der Waals surface area contributed by atoms with Crippen LogP contribution in [-0.4, -0.2) is 74.5 Å². The van der Waals surface area contributed by atoms with Crippen molar-refractivity contribution in [1.29, 1.82) is 0 Å².